The largest absolute Gasteiger partial charge is 0.462 e. The predicted molar refractivity (Wildman–Crippen MR) is 262 cm³/mol. The zero-order valence-corrected chi connectivity index (χ0v) is 42.6. The molecule has 0 radical (unpaired) electrons. The molecule has 402 valence electrons. The van der Waals surface area contributed by atoms with Gasteiger partial charge in [0.05, 0.1) is 19.8 Å². The highest BCUT2D eigenvalue weighted by Crippen LogP contribution is 2.27. The zero-order chi connectivity index (χ0) is 49.6. The van der Waals surface area contributed by atoms with Gasteiger partial charge in [-0.25, -0.2) is 0 Å². The van der Waals surface area contributed by atoms with Crippen molar-refractivity contribution >= 4 is 11.9 Å². The summed E-state index contributed by atoms with van der Waals surface area (Å²) in [7, 11) is 0. The lowest BCUT2D eigenvalue weighted by atomic mass is 9.98. The van der Waals surface area contributed by atoms with Gasteiger partial charge in [0.25, 0.3) is 0 Å². The Morgan fingerprint density at radius 3 is 1.15 bits per heavy atom. The standard InChI is InChI=1S/C53H100O15/c1-3-5-7-9-11-13-15-16-17-18-19-20-21-22-23-24-25-26-28-30-32-34-36-45(56)66-41(38-63-44(55)35-33-31-29-27-14-12-10-8-6-4-2)39-64-52-51(62)49(60)47(58)43(68-52)40-65-53-50(61)48(59)46(57)42(37-54)67-53/h41-43,46-54,57-62H,3-40H2,1-2H3/t41-,42+,43+,46-,47-,48?,49?,50?,51?,52+,53+/m1/s1. The van der Waals surface area contributed by atoms with Crippen molar-refractivity contribution in [1.82, 2.24) is 0 Å². The monoisotopic (exact) mass is 977 g/mol. The van der Waals surface area contributed by atoms with Crippen LogP contribution in [-0.2, 0) is 38.0 Å². The van der Waals surface area contributed by atoms with Gasteiger partial charge >= 0.3 is 11.9 Å². The third kappa shape index (κ3) is 28.5. The lowest BCUT2D eigenvalue weighted by Crippen LogP contribution is -2.61. The smallest absolute Gasteiger partial charge is 0.306 e. The molecule has 0 aromatic carbocycles. The normalized spacial score (nSPS) is 25.7. The van der Waals surface area contributed by atoms with Crippen molar-refractivity contribution in [2.75, 3.05) is 26.4 Å². The van der Waals surface area contributed by atoms with Crippen LogP contribution in [0.25, 0.3) is 0 Å². The van der Waals surface area contributed by atoms with Gasteiger partial charge in [0.1, 0.15) is 55.4 Å². The van der Waals surface area contributed by atoms with E-state index in [1.165, 1.54) is 154 Å². The van der Waals surface area contributed by atoms with Gasteiger partial charge in [0.2, 0.25) is 0 Å². The molecule has 15 heteroatoms. The van der Waals surface area contributed by atoms with Crippen LogP contribution in [0.5, 0.6) is 0 Å². The van der Waals surface area contributed by atoms with Gasteiger partial charge in [-0.05, 0) is 12.8 Å². The SMILES string of the molecule is CCCCCCCCCCCCCCCCCCCCCCCCC(=O)O[C@H](COC(=O)CCCCCCCCCCCC)CO[C@H]1O[C@@H](CO[C@H]2O[C@@H](CO)[C@@H](O)C(O)C2O)[C@@H](O)C(O)C1O. The van der Waals surface area contributed by atoms with Crippen LogP contribution in [0.1, 0.15) is 232 Å². The number of aliphatic hydroxyl groups is 7. The molecule has 4 unspecified atom stereocenters. The average Bonchev–Trinajstić information content (AvgIpc) is 3.33. The van der Waals surface area contributed by atoms with Crippen LogP contribution in [-0.4, -0.2) is 142 Å². The van der Waals surface area contributed by atoms with Crippen molar-refractivity contribution in [1.29, 1.82) is 0 Å². The fourth-order valence-electron chi connectivity index (χ4n) is 9.04. The summed E-state index contributed by atoms with van der Waals surface area (Å²) in [5, 5.41) is 72.1. The van der Waals surface area contributed by atoms with Crippen molar-refractivity contribution in [2.24, 2.45) is 0 Å². The Kier molecular flexibility index (Phi) is 37.8. The highest BCUT2D eigenvalue weighted by Gasteiger charge is 2.47. The minimum Gasteiger partial charge on any atom is -0.462 e. The molecule has 0 aromatic rings. The van der Waals surface area contributed by atoms with Crippen molar-refractivity contribution < 1.29 is 73.8 Å². The molecule has 2 saturated heterocycles. The van der Waals surface area contributed by atoms with Crippen LogP contribution >= 0.6 is 0 Å². The molecule has 11 atom stereocenters. The Bertz CT molecular complexity index is 1190. The van der Waals surface area contributed by atoms with Crippen molar-refractivity contribution in [3.63, 3.8) is 0 Å². The fraction of sp³-hybridized carbons (Fsp3) is 0.962. The number of carbonyl (C=O) groups excluding carboxylic acids is 2. The van der Waals surface area contributed by atoms with E-state index in [-0.39, 0.29) is 26.1 Å². The van der Waals surface area contributed by atoms with Gasteiger partial charge < -0.3 is 64.2 Å². The van der Waals surface area contributed by atoms with Gasteiger partial charge in [-0.3, -0.25) is 9.59 Å². The minimum atomic E-state index is -1.76. The first kappa shape index (κ1) is 62.6. The molecule has 0 bridgehead atoms. The molecule has 0 amide bonds. The second-order valence-corrected chi connectivity index (χ2v) is 19.8. The number of unbranched alkanes of at least 4 members (excludes halogenated alkanes) is 30. The summed E-state index contributed by atoms with van der Waals surface area (Å²) in [6.07, 6.45) is 22.9. The van der Waals surface area contributed by atoms with Crippen LogP contribution in [0.2, 0.25) is 0 Å². The number of esters is 2. The topological polar surface area (TPSA) is 231 Å². The van der Waals surface area contributed by atoms with E-state index >= 15 is 0 Å². The minimum absolute atomic E-state index is 0.174. The molecule has 68 heavy (non-hydrogen) atoms. The first-order valence-corrected chi connectivity index (χ1v) is 27.6. The highest BCUT2D eigenvalue weighted by atomic mass is 16.7. The summed E-state index contributed by atoms with van der Waals surface area (Å²) in [5.74, 6) is -0.910. The number of hydrogen-bond donors (Lipinski definition) is 7. The van der Waals surface area contributed by atoms with E-state index in [1.807, 2.05) is 0 Å². The molecule has 15 nitrogen and oxygen atoms in total. The van der Waals surface area contributed by atoms with Crippen molar-refractivity contribution in [2.45, 2.75) is 300 Å². The molecule has 7 N–H and O–H groups in total. The first-order valence-electron chi connectivity index (χ1n) is 27.6. The van der Waals surface area contributed by atoms with Crippen LogP contribution in [0.15, 0.2) is 0 Å². The molecule has 0 spiro atoms. The van der Waals surface area contributed by atoms with E-state index < -0.39 is 92.7 Å². The third-order valence-electron chi connectivity index (χ3n) is 13.6. The van der Waals surface area contributed by atoms with Gasteiger partial charge in [-0.1, -0.05) is 206 Å². The maximum atomic E-state index is 13.0. The molecule has 0 saturated carbocycles. The molecular weight excluding hydrogens is 877 g/mol. The van der Waals surface area contributed by atoms with Crippen LogP contribution in [0, 0.1) is 0 Å². The quantitative estimate of drug-likeness (QED) is 0.0225. The zero-order valence-electron chi connectivity index (χ0n) is 42.6. The lowest BCUT2D eigenvalue weighted by Gasteiger charge is -2.42. The van der Waals surface area contributed by atoms with E-state index in [9.17, 15) is 45.3 Å². The van der Waals surface area contributed by atoms with Gasteiger partial charge in [0, 0.05) is 12.8 Å². The Morgan fingerprint density at radius 1 is 0.412 bits per heavy atom. The summed E-state index contributed by atoms with van der Waals surface area (Å²) < 4.78 is 33.6. The van der Waals surface area contributed by atoms with Crippen LogP contribution < -0.4 is 0 Å². The maximum Gasteiger partial charge on any atom is 0.306 e. The summed E-state index contributed by atoms with van der Waals surface area (Å²) >= 11 is 0. The molecule has 0 aliphatic carbocycles. The van der Waals surface area contributed by atoms with E-state index in [0.29, 0.717) is 12.8 Å². The Hall–Kier alpha value is -1.50. The first-order chi connectivity index (χ1) is 33.0. The van der Waals surface area contributed by atoms with Crippen molar-refractivity contribution in [3.8, 4) is 0 Å². The number of hydrogen-bond acceptors (Lipinski definition) is 15. The summed E-state index contributed by atoms with van der Waals surface area (Å²) in [6.45, 7) is 2.62. The van der Waals surface area contributed by atoms with Crippen molar-refractivity contribution in [3.05, 3.63) is 0 Å². The van der Waals surface area contributed by atoms with E-state index in [1.54, 1.807) is 0 Å². The second kappa shape index (κ2) is 41.0. The summed E-state index contributed by atoms with van der Waals surface area (Å²) in [5.41, 5.74) is 0. The van der Waals surface area contributed by atoms with E-state index in [2.05, 4.69) is 13.8 Å². The molecule has 2 aliphatic rings. The van der Waals surface area contributed by atoms with Gasteiger partial charge in [-0.2, -0.15) is 0 Å². The highest BCUT2D eigenvalue weighted by molar-refractivity contribution is 5.70. The number of aliphatic hydroxyl groups excluding tert-OH is 7. The molecule has 2 aliphatic heterocycles. The van der Waals surface area contributed by atoms with E-state index in [4.69, 9.17) is 28.4 Å². The Labute approximate surface area is 410 Å². The fourth-order valence-corrected chi connectivity index (χ4v) is 9.04. The summed E-state index contributed by atoms with van der Waals surface area (Å²) in [4.78, 5) is 25.7. The lowest BCUT2D eigenvalue weighted by molar-refractivity contribution is -0.332. The molecule has 2 fully saturated rings. The van der Waals surface area contributed by atoms with Crippen LogP contribution in [0.3, 0.4) is 0 Å². The maximum absolute atomic E-state index is 13.0. The van der Waals surface area contributed by atoms with Crippen LogP contribution in [0.4, 0.5) is 0 Å². The van der Waals surface area contributed by atoms with E-state index in [0.717, 1.165) is 38.5 Å². The van der Waals surface area contributed by atoms with Gasteiger partial charge in [0.15, 0.2) is 18.7 Å². The number of rotatable bonds is 44. The molecule has 2 rings (SSSR count). The third-order valence-corrected chi connectivity index (χ3v) is 13.6. The number of ether oxygens (including phenoxy) is 6. The Morgan fingerprint density at radius 2 is 0.750 bits per heavy atom. The average molecular weight is 977 g/mol. The number of carbonyl (C=O) groups is 2. The summed E-state index contributed by atoms with van der Waals surface area (Å²) in [6, 6.07) is 0. The molecule has 2 heterocycles. The molecule has 0 aromatic heterocycles. The Balaban J connectivity index is 1.72. The molecular formula is C53H100O15. The van der Waals surface area contributed by atoms with Gasteiger partial charge in [-0.15, -0.1) is 0 Å². The predicted octanol–water partition coefficient (Wildman–Crippen LogP) is 8.39. The second-order valence-electron chi connectivity index (χ2n) is 19.8.